The van der Waals surface area contributed by atoms with Crippen LogP contribution in [-0.4, -0.2) is 0 Å². The number of fused-ring (bicyclic) bond motifs is 3. The normalized spacial score (nSPS) is 42.1. The van der Waals surface area contributed by atoms with Gasteiger partial charge in [0.25, 0.3) is 0 Å². The number of hydrogen-bond donors (Lipinski definition) is 0. The third-order valence-electron chi connectivity index (χ3n) is 12.9. The van der Waals surface area contributed by atoms with E-state index in [4.69, 9.17) is 0 Å². The highest BCUT2D eigenvalue weighted by Gasteiger charge is 2.67. The van der Waals surface area contributed by atoms with Crippen molar-refractivity contribution in [1.29, 1.82) is 0 Å². The molecular formula is C36H60. The summed E-state index contributed by atoms with van der Waals surface area (Å²) < 4.78 is 0. The van der Waals surface area contributed by atoms with Crippen LogP contribution in [0, 0.1) is 58.7 Å². The molecule has 9 unspecified atom stereocenters. The number of hydrogen-bond acceptors (Lipinski definition) is 0. The first kappa shape index (κ1) is 28.2. The monoisotopic (exact) mass is 492 g/mol. The van der Waals surface area contributed by atoms with Crippen LogP contribution in [-0.2, 0) is 12.8 Å². The Bertz CT molecular complexity index is 924. The molecule has 0 radical (unpaired) electrons. The first-order valence-corrected chi connectivity index (χ1v) is 15.9. The number of aryl methyl sites for hydroxylation is 2. The molecule has 0 amide bonds. The standard InChI is InChI=1S/C36H60/c1-12-13-14-15-16-17-29-19-18-24(4)32-26(6)33-28(8)36(11)27(7)31(23(2)3)25(5)20-35(36,10)22-34(33,9)21-30(29)32/h18-19,23,25-28,31,33H,12-17,20-22H2,1-11H3. The zero-order chi connectivity index (χ0) is 26.6. The van der Waals surface area contributed by atoms with E-state index in [0.717, 1.165) is 35.5 Å². The van der Waals surface area contributed by atoms with Crippen molar-refractivity contribution in [2.75, 3.05) is 0 Å². The van der Waals surface area contributed by atoms with Crippen LogP contribution in [0.2, 0.25) is 0 Å². The van der Waals surface area contributed by atoms with E-state index in [-0.39, 0.29) is 0 Å². The molecule has 1 aromatic carbocycles. The Hall–Kier alpha value is -0.780. The predicted molar refractivity (Wildman–Crippen MR) is 159 cm³/mol. The van der Waals surface area contributed by atoms with Gasteiger partial charge in [-0.15, -0.1) is 0 Å². The van der Waals surface area contributed by atoms with Crippen LogP contribution < -0.4 is 0 Å². The SMILES string of the molecule is CCCCCCCc1ccc(C)c2c1CC1(C)CC3(C)CC(C)C(C(C)C)C(C)C3(C)C(C)C1C2C. The molecule has 36 heavy (non-hydrogen) atoms. The lowest BCUT2D eigenvalue weighted by molar-refractivity contribution is -0.216. The fraction of sp³-hybridized carbons (Fsp3) is 0.833. The predicted octanol–water partition coefficient (Wildman–Crippen LogP) is 10.8. The molecule has 3 aliphatic carbocycles. The van der Waals surface area contributed by atoms with Gasteiger partial charge in [-0.05, 0) is 119 Å². The van der Waals surface area contributed by atoms with Crippen LogP contribution in [0.1, 0.15) is 142 Å². The fourth-order valence-electron chi connectivity index (χ4n) is 11.6. The second-order valence-corrected chi connectivity index (χ2v) is 15.3. The van der Waals surface area contributed by atoms with E-state index < -0.39 is 0 Å². The van der Waals surface area contributed by atoms with Crippen molar-refractivity contribution in [2.24, 2.45) is 51.8 Å². The highest BCUT2D eigenvalue weighted by molar-refractivity contribution is 5.47. The third-order valence-corrected chi connectivity index (χ3v) is 12.9. The second kappa shape index (κ2) is 10.1. The van der Waals surface area contributed by atoms with E-state index in [0.29, 0.717) is 22.2 Å². The summed E-state index contributed by atoms with van der Waals surface area (Å²) in [6.07, 6.45) is 12.3. The molecular weight excluding hydrogens is 432 g/mol. The highest BCUT2D eigenvalue weighted by atomic mass is 14.7. The molecule has 0 aromatic heterocycles. The average Bonchev–Trinajstić information content (AvgIpc) is 2.77. The summed E-state index contributed by atoms with van der Waals surface area (Å²) in [7, 11) is 0. The molecule has 0 bridgehead atoms. The Labute approximate surface area is 225 Å². The summed E-state index contributed by atoms with van der Waals surface area (Å²) in [4.78, 5) is 0. The zero-order valence-electron chi connectivity index (χ0n) is 26.1. The molecule has 0 nitrogen and oxygen atoms in total. The van der Waals surface area contributed by atoms with Gasteiger partial charge in [0.2, 0.25) is 0 Å². The van der Waals surface area contributed by atoms with Gasteiger partial charge in [-0.25, -0.2) is 0 Å². The first-order valence-electron chi connectivity index (χ1n) is 15.9. The van der Waals surface area contributed by atoms with Crippen molar-refractivity contribution >= 4 is 0 Å². The smallest absolute Gasteiger partial charge is 0.0149 e. The van der Waals surface area contributed by atoms with Crippen LogP contribution in [0.5, 0.6) is 0 Å². The minimum Gasteiger partial charge on any atom is -0.0654 e. The van der Waals surface area contributed by atoms with Crippen LogP contribution >= 0.6 is 0 Å². The number of unbranched alkanes of at least 4 members (excludes halogenated alkanes) is 4. The fourth-order valence-corrected chi connectivity index (χ4v) is 11.6. The van der Waals surface area contributed by atoms with E-state index in [1.54, 1.807) is 22.3 Å². The van der Waals surface area contributed by atoms with Crippen molar-refractivity contribution in [3.63, 3.8) is 0 Å². The van der Waals surface area contributed by atoms with Crippen LogP contribution in [0.25, 0.3) is 0 Å². The van der Waals surface area contributed by atoms with Crippen molar-refractivity contribution < 1.29 is 0 Å². The maximum Gasteiger partial charge on any atom is -0.0149 e. The minimum atomic E-state index is 0.412. The third kappa shape index (κ3) is 4.24. The van der Waals surface area contributed by atoms with Gasteiger partial charge in [0.15, 0.2) is 0 Å². The molecule has 204 valence electrons. The van der Waals surface area contributed by atoms with Crippen LogP contribution in [0.4, 0.5) is 0 Å². The largest absolute Gasteiger partial charge is 0.0654 e. The average molecular weight is 493 g/mol. The summed E-state index contributed by atoms with van der Waals surface area (Å²) >= 11 is 0. The van der Waals surface area contributed by atoms with Crippen molar-refractivity contribution in [3.8, 4) is 0 Å². The molecule has 0 heteroatoms. The topological polar surface area (TPSA) is 0 Å². The molecule has 0 heterocycles. The molecule has 4 rings (SSSR count). The Morgan fingerprint density at radius 1 is 0.917 bits per heavy atom. The van der Waals surface area contributed by atoms with Gasteiger partial charge in [-0.1, -0.05) is 107 Å². The summed E-state index contributed by atoms with van der Waals surface area (Å²) in [5.41, 5.74) is 8.03. The molecule has 1 aromatic rings. The molecule has 0 spiro atoms. The molecule has 3 aliphatic rings. The van der Waals surface area contributed by atoms with E-state index in [2.05, 4.69) is 88.3 Å². The van der Waals surface area contributed by atoms with Gasteiger partial charge >= 0.3 is 0 Å². The summed E-state index contributed by atoms with van der Waals surface area (Å²) in [6, 6.07) is 4.98. The zero-order valence-corrected chi connectivity index (χ0v) is 26.1. The lowest BCUT2D eigenvalue weighted by Gasteiger charge is -2.71. The van der Waals surface area contributed by atoms with Gasteiger partial charge in [0.05, 0.1) is 0 Å². The Morgan fingerprint density at radius 3 is 2.22 bits per heavy atom. The van der Waals surface area contributed by atoms with Crippen molar-refractivity contribution in [3.05, 3.63) is 34.4 Å². The maximum atomic E-state index is 2.74. The minimum absolute atomic E-state index is 0.412. The van der Waals surface area contributed by atoms with Crippen LogP contribution in [0.3, 0.4) is 0 Å². The summed E-state index contributed by atoms with van der Waals surface area (Å²) in [6.45, 7) is 28.5. The quantitative estimate of drug-likeness (QED) is 0.332. The molecule has 0 saturated heterocycles. The van der Waals surface area contributed by atoms with Crippen molar-refractivity contribution in [2.45, 2.75) is 140 Å². The lowest BCUT2D eigenvalue weighted by Crippen LogP contribution is -2.65. The first-order chi connectivity index (χ1) is 16.8. The number of rotatable bonds is 7. The van der Waals surface area contributed by atoms with Gasteiger partial charge in [0, 0.05) is 0 Å². The van der Waals surface area contributed by atoms with E-state index in [9.17, 15) is 0 Å². The van der Waals surface area contributed by atoms with E-state index in [1.165, 1.54) is 57.8 Å². The molecule has 0 aliphatic heterocycles. The molecule has 9 atom stereocenters. The maximum absolute atomic E-state index is 2.74. The molecule has 2 saturated carbocycles. The second-order valence-electron chi connectivity index (χ2n) is 15.3. The van der Waals surface area contributed by atoms with Gasteiger partial charge in [-0.3, -0.25) is 0 Å². The lowest BCUT2D eigenvalue weighted by atomic mass is 9.33. The summed E-state index contributed by atoms with van der Waals surface area (Å²) in [5.74, 6) is 5.45. The van der Waals surface area contributed by atoms with Gasteiger partial charge in [0.1, 0.15) is 0 Å². The van der Waals surface area contributed by atoms with Gasteiger partial charge < -0.3 is 0 Å². The highest BCUT2D eigenvalue weighted by Crippen LogP contribution is 2.73. The van der Waals surface area contributed by atoms with E-state index >= 15 is 0 Å². The van der Waals surface area contributed by atoms with E-state index in [1.807, 2.05) is 0 Å². The Kier molecular flexibility index (Phi) is 7.90. The molecule has 0 N–H and O–H groups in total. The summed E-state index contributed by atoms with van der Waals surface area (Å²) in [5, 5.41) is 0. The number of benzene rings is 1. The Balaban J connectivity index is 1.73. The molecule has 2 fully saturated rings. The van der Waals surface area contributed by atoms with Crippen LogP contribution in [0.15, 0.2) is 12.1 Å². The van der Waals surface area contributed by atoms with Gasteiger partial charge in [-0.2, -0.15) is 0 Å². The Morgan fingerprint density at radius 2 is 1.58 bits per heavy atom. The van der Waals surface area contributed by atoms with Crippen molar-refractivity contribution in [1.82, 2.24) is 0 Å².